The zero-order chi connectivity index (χ0) is 8.60. The summed E-state index contributed by atoms with van der Waals surface area (Å²) < 4.78 is 10.5. The van der Waals surface area contributed by atoms with Gasteiger partial charge in [-0.1, -0.05) is 0 Å². The topological polar surface area (TPSA) is 55.8 Å². The van der Waals surface area contributed by atoms with Gasteiger partial charge in [-0.05, 0) is 12.8 Å². The summed E-state index contributed by atoms with van der Waals surface area (Å²) in [4.78, 5) is 11.0. The van der Waals surface area contributed by atoms with Crippen molar-refractivity contribution in [2.75, 3.05) is 13.2 Å². The molecule has 68 valence electrons. The highest BCUT2D eigenvalue weighted by atomic mass is 16.7. The minimum atomic E-state index is -0.695. The highest BCUT2D eigenvalue weighted by Gasteiger charge is 2.46. The molecule has 2 aliphatic rings. The van der Waals surface area contributed by atoms with Crippen molar-refractivity contribution in [3.8, 4) is 0 Å². The van der Waals surface area contributed by atoms with Gasteiger partial charge in [0, 0.05) is 6.42 Å². The van der Waals surface area contributed by atoms with Gasteiger partial charge in [-0.2, -0.15) is 0 Å². The summed E-state index contributed by atoms with van der Waals surface area (Å²) >= 11 is 0. The first-order chi connectivity index (χ1) is 5.73. The maximum atomic E-state index is 11.0. The summed E-state index contributed by atoms with van der Waals surface area (Å²) in [6.45, 7) is 1.02. The lowest BCUT2D eigenvalue weighted by Gasteiger charge is -2.41. The predicted molar refractivity (Wildman–Crippen MR) is 39.6 cm³/mol. The van der Waals surface area contributed by atoms with E-state index in [4.69, 9.17) is 14.6 Å². The summed E-state index contributed by atoms with van der Waals surface area (Å²) in [5, 5.41) is 9.03. The molecule has 4 heteroatoms. The molecule has 0 amide bonds. The van der Waals surface area contributed by atoms with Crippen molar-refractivity contribution in [2.45, 2.75) is 25.6 Å². The molecule has 4 nitrogen and oxygen atoms in total. The van der Waals surface area contributed by atoms with E-state index in [2.05, 4.69) is 0 Å². The number of aliphatic carboxylic acids is 1. The van der Waals surface area contributed by atoms with Gasteiger partial charge in [-0.25, -0.2) is 0 Å². The second-order valence-electron chi connectivity index (χ2n) is 3.46. The van der Waals surface area contributed by atoms with Crippen molar-refractivity contribution in [3.05, 3.63) is 0 Å². The van der Waals surface area contributed by atoms with E-state index >= 15 is 0 Å². The molecule has 12 heavy (non-hydrogen) atoms. The average Bonchev–Trinajstić information content (AvgIpc) is 2.04. The van der Waals surface area contributed by atoms with Gasteiger partial charge in [0.1, 0.15) is 0 Å². The van der Waals surface area contributed by atoms with Gasteiger partial charge >= 0.3 is 5.97 Å². The van der Waals surface area contributed by atoms with Gasteiger partial charge in [-0.3, -0.25) is 4.79 Å². The molecule has 2 fully saturated rings. The van der Waals surface area contributed by atoms with E-state index in [1.54, 1.807) is 0 Å². The van der Waals surface area contributed by atoms with Gasteiger partial charge in [0.25, 0.3) is 0 Å². The van der Waals surface area contributed by atoms with Crippen molar-refractivity contribution in [1.82, 2.24) is 0 Å². The molecule has 2 rings (SSSR count). The summed E-state index contributed by atoms with van der Waals surface area (Å²) in [7, 11) is 0. The van der Waals surface area contributed by atoms with E-state index in [0.29, 0.717) is 32.5 Å². The fourth-order valence-corrected chi connectivity index (χ4v) is 1.89. The molecule has 0 aromatic rings. The standard InChI is InChI=1S/C8H12O4/c9-7(10)8-1-3-11-6(5-8)12-4-2-8/h6H,1-5H2,(H,9,10). The molecular formula is C8H12O4. The molecule has 2 aliphatic heterocycles. The van der Waals surface area contributed by atoms with E-state index < -0.39 is 11.4 Å². The Kier molecular flexibility index (Phi) is 1.81. The third kappa shape index (κ3) is 1.11. The molecule has 0 spiro atoms. The third-order valence-electron chi connectivity index (χ3n) is 2.78. The number of hydrogen-bond acceptors (Lipinski definition) is 3. The van der Waals surface area contributed by atoms with Crippen molar-refractivity contribution in [3.63, 3.8) is 0 Å². The summed E-state index contributed by atoms with van der Waals surface area (Å²) in [6.07, 6.45) is 1.50. The van der Waals surface area contributed by atoms with Crippen molar-refractivity contribution in [2.24, 2.45) is 5.41 Å². The first-order valence-electron chi connectivity index (χ1n) is 4.20. The van der Waals surface area contributed by atoms with Crippen LogP contribution in [0.15, 0.2) is 0 Å². The van der Waals surface area contributed by atoms with Crippen LogP contribution in [0.1, 0.15) is 19.3 Å². The molecule has 2 heterocycles. The SMILES string of the molecule is O=C(O)C12CCOC(C1)OCC2. The van der Waals surface area contributed by atoms with Gasteiger partial charge in [0.15, 0.2) is 6.29 Å². The third-order valence-corrected chi connectivity index (χ3v) is 2.78. The number of rotatable bonds is 1. The van der Waals surface area contributed by atoms with E-state index in [1.807, 2.05) is 0 Å². The van der Waals surface area contributed by atoms with Gasteiger partial charge in [0.05, 0.1) is 18.6 Å². The lowest BCUT2D eigenvalue weighted by atomic mass is 9.76. The van der Waals surface area contributed by atoms with Gasteiger partial charge in [0.2, 0.25) is 0 Å². The lowest BCUT2D eigenvalue weighted by Crippen LogP contribution is -2.46. The molecule has 0 atom stereocenters. The van der Waals surface area contributed by atoms with Gasteiger partial charge in [-0.15, -0.1) is 0 Å². The quantitative estimate of drug-likeness (QED) is 0.629. The fourth-order valence-electron chi connectivity index (χ4n) is 1.89. The largest absolute Gasteiger partial charge is 0.481 e. The zero-order valence-electron chi connectivity index (χ0n) is 6.78. The minimum absolute atomic E-state index is 0.274. The fraction of sp³-hybridized carbons (Fsp3) is 0.875. The molecular weight excluding hydrogens is 160 g/mol. The van der Waals surface area contributed by atoms with E-state index in [-0.39, 0.29) is 6.29 Å². The van der Waals surface area contributed by atoms with Crippen LogP contribution < -0.4 is 0 Å². The molecule has 2 bridgehead atoms. The van der Waals surface area contributed by atoms with Crippen LogP contribution in [0, 0.1) is 5.41 Å². The number of hydrogen-bond donors (Lipinski definition) is 1. The molecule has 0 aromatic heterocycles. The van der Waals surface area contributed by atoms with E-state index in [1.165, 1.54) is 0 Å². The Bertz CT molecular complexity index is 191. The second-order valence-corrected chi connectivity index (χ2v) is 3.46. The number of fused-ring (bicyclic) bond motifs is 2. The molecule has 0 saturated carbocycles. The van der Waals surface area contributed by atoms with Crippen LogP contribution in [0.2, 0.25) is 0 Å². The number of carbonyl (C=O) groups is 1. The second kappa shape index (κ2) is 2.71. The highest BCUT2D eigenvalue weighted by Crippen LogP contribution is 2.40. The Morgan fingerprint density at radius 3 is 2.33 bits per heavy atom. The van der Waals surface area contributed by atoms with E-state index in [0.717, 1.165) is 0 Å². The molecule has 0 unspecified atom stereocenters. The van der Waals surface area contributed by atoms with Crippen LogP contribution in [0.4, 0.5) is 0 Å². The number of ether oxygens (including phenoxy) is 2. The molecule has 1 N–H and O–H groups in total. The number of carboxylic acid groups (broad SMARTS) is 1. The summed E-state index contributed by atoms with van der Waals surface area (Å²) in [6, 6.07) is 0. The molecule has 0 radical (unpaired) electrons. The van der Waals surface area contributed by atoms with Crippen LogP contribution in [0.3, 0.4) is 0 Å². The Balaban J connectivity index is 2.17. The first-order valence-corrected chi connectivity index (χ1v) is 4.20. The Morgan fingerprint density at radius 2 is 1.92 bits per heavy atom. The summed E-state index contributed by atoms with van der Waals surface area (Å²) in [5.74, 6) is -0.695. The van der Waals surface area contributed by atoms with Gasteiger partial charge < -0.3 is 14.6 Å². The van der Waals surface area contributed by atoms with Crippen molar-refractivity contribution in [1.29, 1.82) is 0 Å². The highest BCUT2D eigenvalue weighted by molar-refractivity contribution is 5.74. The van der Waals surface area contributed by atoms with Crippen LogP contribution in [-0.2, 0) is 14.3 Å². The molecule has 0 aliphatic carbocycles. The Hall–Kier alpha value is -0.610. The van der Waals surface area contributed by atoms with E-state index in [9.17, 15) is 4.79 Å². The zero-order valence-corrected chi connectivity index (χ0v) is 6.78. The maximum Gasteiger partial charge on any atom is 0.310 e. The molecule has 2 saturated heterocycles. The smallest absolute Gasteiger partial charge is 0.310 e. The van der Waals surface area contributed by atoms with Crippen molar-refractivity contribution >= 4 is 5.97 Å². The monoisotopic (exact) mass is 172 g/mol. The average molecular weight is 172 g/mol. The molecule has 0 aromatic carbocycles. The van der Waals surface area contributed by atoms with Crippen LogP contribution in [0.25, 0.3) is 0 Å². The Labute approximate surface area is 70.5 Å². The van der Waals surface area contributed by atoms with Crippen molar-refractivity contribution < 1.29 is 19.4 Å². The first kappa shape index (κ1) is 8.01. The predicted octanol–water partition coefficient (Wildman–Crippen LogP) is 0.614. The lowest BCUT2D eigenvalue weighted by molar-refractivity contribution is -0.231. The van der Waals surface area contributed by atoms with Crippen LogP contribution in [-0.4, -0.2) is 30.6 Å². The summed E-state index contributed by atoms with van der Waals surface area (Å²) in [5.41, 5.74) is -0.554. The van der Waals surface area contributed by atoms with Crippen LogP contribution >= 0.6 is 0 Å². The normalized spacial score (nSPS) is 40.8. The minimum Gasteiger partial charge on any atom is -0.481 e. The number of carboxylic acids is 1. The maximum absolute atomic E-state index is 11.0. The Morgan fingerprint density at radius 1 is 1.33 bits per heavy atom. The van der Waals surface area contributed by atoms with Crippen LogP contribution in [0.5, 0.6) is 0 Å².